The molecule has 0 bridgehead atoms. The molecule has 1 aliphatic heterocycles. The SMILES string of the molecule is NC(=S)CN1CCN(C(=O)c2cc(Br)c(Br)s2)CC1. The van der Waals surface area contributed by atoms with Gasteiger partial charge < -0.3 is 10.6 Å². The van der Waals surface area contributed by atoms with Crippen molar-refractivity contribution in [1.82, 2.24) is 9.80 Å². The number of amides is 1. The zero-order valence-electron chi connectivity index (χ0n) is 10.1. The minimum atomic E-state index is 0.0892. The number of hydrogen-bond acceptors (Lipinski definition) is 4. The molecule has 0 aliphatic carbocycles. The molecule has 1 aromatic rings. The summed E-state index contributed by atoms with van der Waals surface area (Å²) in [6, 6.07) is 1.86. The van der Waals surface area contributed by atoms with Crippen LogP contribution in [-0.4, -0.2) is 53.4 Å². The van der Waals surface area contributed by atoms with Crippen LogP contribution in [0.2, 0.25) is 0 Å². The first kappa shape index (κ1) is 15.4. The van der Waals surface area contributed by atoms with Gasteiger partial charge >= 0.3 is 0 Å². The van der Waals surface area contributed by atoms with E-state index < -0.39 is 0 Å². The van der Waals surface area contributed by atoms with Crippen LogP contribution in [0.5, 0.6) is 0 Å². The molecule has 8 heteroatoms. The number of carbonyl (C=O) groups excluding carboxylic acids is 1. The van der Waals surface area contributed by atoms with Crippen molar-refractivity contribution in [3.63, 3.8) is 0 Å². The van der Waals surface area contributed by atoms with Crippen LogP contribution in [0.25, 0.3) is 0 Å². The predicted molar refractivity (Wildman–Crippen MR) is 88.8 cm³/mol. The van der Waals surface area contributed by atoms with E-state index in [-0.39, 0.29) is 5.91 Å². The Morgan fingerprint density at radius 1 is 1.37 bits per heavy atom. The molecule has 0 aromatic carbocycles. The number of carbonyl (C=O) groups is 1. The maximum absolute atomic E-state index is 12.3. The lowest BCUT2D eigenvalue weighted by Gasteiger charge is -2.34. The normalized spacial score (nSPS) is 16.6. The Hall–Kier alpha value is -0.0200. The Bertz CT molecular complexity index is 479. The highest BCUT2D eigenvalue weighted by atomic mass is 79.9. The van der Waals surface area contributed by atoms with E-state index in [1.807, 2.05) is 11.0 Å². The van der Waals surface area contributed by atoms with Gasteiger partial charge in [-0.2, -0.15) is 0 Å². The zero-order valence-corrected chi connectivity index (χ0v) is 14.9. The molecule has 1 fully saturated rings. The topological polar surface area (TPSA) is 49.6 Å². The van der Waals surface area contributed by atoms with Crippen LogP contribution < -0.4 is 5.73 Å². The Morgan fingerprint density at radius 2 is 2.00 bits per heavy atom. The number of hydrogen-bond donors (Lipinski definition) is 1. The quantitative estimate of drug-likeness (QED) is 0.753. The number of thiophene rings is 1. The Morgan fingerprint density at radius 3 is 2.47 bits per heavy atom. The fourth-order valence-electron chi connectivity index (χ4n) is 1.94. The third kappa shape index (κ3) is 3.98. The average Bonchev–Trinajstić information content (AvgIpc) is 2.69. The third-order valence-electron chi connectivity index (χ3n) is 2.89. The maximum atomic E-state index is 12.3. The van der Waals surface area contributed by atoms with Crippen LogP contribution in [0, 0.1) is 0 Å². The molecule has 0 unspecified atom stereocenters. The van der Waals surface area contributed by atoms with Crippen molar-refractivity contribution in [3.05, 3.63) is 19.2 Å². The summed E-state index contributed by atoms with van der Waals surface area (Å²) in [5, 5.41) is 0. The van der Waals surface area contributed by atoms with Crippen LogP contribution in [0.15, 0.2) is 14.3 Å². The summed E-state index contributed by atoms with van der Waals surface area (Å²) >= 11 is 13.2. The highest BCUT2D eigenvalue weighted by Gasteiger charge is 2.23. The molecule has 4 nitrogen and oxygen atoms in total. The highest BCUT2D eigenvalue weighted by Crippen LogP contribution is 2.33. The third-order valence-corrected chi connectivity index (χ3v) is 6.27. The lowest BCUT2D eigenvalue weighted by atomic mass is 10.3. The molecule has 1 aliphatic rings. The molecule has 1 aromatic heterocycles. The number of halogens is 2. The number of nitrogens with zero attached hydrogens (tertiary/aromatic N) is 2. The van der Waals surface area contributed by atoms with E-state index >= 15 is 0 Å². The maximum Gasteiger partial charge on any atom is 0.264 e. The molecule has 1 saturated heterocycles. The second kappa shape index (κ2) is 6.62. The fourth-order valence-corrected chi connectivity index (χ4v) is 4.12. The second-order valence-corrected chi connectivity index (χ2v) is 8.02. The van der Waals surface area contributed by atoms with Crippen LogP contribution >= 0.6 is 55.4 Å². The van der Waals surface area contributed by atoms with E-state index in [1.165, 1.54) is 11.3 Å². The summed E-state index contributed by atoms with van der Waals surface area (Å²) in [5.74, 6) is 0.0892. The van der Waals surface area contributed by atoms with Gasteiger partial charge in [0.1, 0.15) is 0 Å². The van der Waals surface area contributed by atoms with Crippen molar-refractivity contribution in [1.29, 1.82) is 0 Å². The van der Waals surface area contributed by atoms with Gasteiger partial charge in [0.15, 0.2) is 0 Å². The molecule has 0 saturated carbocycles. The Balaban J connectivity index is 1.94. The summed E-state index contributed by atoms with van der Waals surface area (Å²) in [7, 11) is 0. The number of thiocarbonyl (C=S) groups is 1. The Kier molecular flexibility index (Phi) is 5.36. The van der Waals surface area contributed by atoms with Crippen LogP contribution in [0.3, 0.4) is 0 Å². The van der Waals surface area contributed by atoms with Gasteiger partial charge in [0.2, 0.25) is 0 Å². The van der Waals surface area contributed by atoms with E-state index in [0.29, 0.717) is 24.6 Å². The van der Waals surface area contributed by atoms with E-state index in [1.54, 1.807) is 0 Å². The standard InChI is InChI=1S/C11H13Br2N3OS2/c12-7-5-8(19-10(7)13)11(17)16-3-1-15(2-4-16)6-9(14)18/h5H,1-4,6H2,(H2,14,18). The number of piperazine rings is 1. The van der Waals surface area contributed by atoms with E-state index in [4.69, 9.17) is 18.0 Å². The van der Waals surface area contributed by atoms with E-state index in [2.05, 4.69) is 36.8 Å². The molecule has 0 spiro atoms. The van der Waals surface area contributed by atoms with Crippen LogP contribution in [0.4, 0.5) is 0 Å². The van der Waals surface area contributed by atoms with Crippen molar-refractivity contribution < 1.29 is 4.79 Å². The predicted octanol–water partition coefficient (Wildman–Crippen LogP) is 2.32. The van der Waals surface area contributed by atoms with Gasteiger partial charge in [0.05, 0.1) is 13.7 Å². The van der Waals surface area contributed by atoms with Crippen molar-refractivity contribution >= 4 is 66.3 Å². The van der Waals surface area contributed by atoms with Gasteiger partial charge in [-0.15, -0.1) is 11.3 Å². The first-order valence-corrected chi connectivity index (χ1v) is 8.53. The molecule has 104 valence electrons. The molecular weight excluding hydrogens is 414 g/mol. The highest BCUT2D eigenvalue weighted by molar-refractivity contribution is 9.13. The summed E-state index contributed by atoms with van der Waals surface area (Å²) in [5.41, 5.74) is 5.53. The van der Waals surface area contributed by atoms with Gasteiger partial charge in [-0.3, -0.25) is 9.69 Å². The second-order valence-electron chi connectivity index (χ2n) is 4.27. The number of rotatable bonds is 3. The molecule has 19 heavy (non-hydrogen) atoms. The van der Waals surface area contributed by atoms with E-state index in [9.17, 15) is 4.79 Å². The first-order valence-electron chi connectivity index (χ1n) is 5.72. The summed E-state index contributed by atoms with van der Waals surface area (Å²) in [4.78, 5) is 17.6. The van der Waals surface area contributed by atoms with Gasteiger partial charge in [-0.1, -0.05) is 12.2 Å². The number of nitrogens with two attached hydrogens (primary N) is 1. The molecule has 2 N–H and O–H groups in total. The zero-order chi connectivity index (χ0) is 14.0. The molecule has 2 heterocycles. The monoisotopic (exact) mass is 425 g/mol. The molecule has 1 amide bonds. The average molecular weight is 427 g/mol. The first-order chi connectivity index (χ1) is 8.97. The van der Waals surface area contributed by atoms with E-state index in [0.717, 1.165) is 26.2 Å². The summed E-state index contributed by atoms with van der Waals surface area (Å²) in [6.07, 6.45) is 0. The van der Waals surface area contributed by atoms with Gasteiger partial charge in [0.25, 0.3) is 5.91 Å². The summed E-state index contributed by atoms with van der Waals surface area (Å²) in [6.45, 7) is 3.70. The van der Waals surface area contributed by atoms with Crippen molar-refractivity contribution in [2.24, 2.45) is 5.73 Å². The summed E-state index contributed by atoms with van der Waals surface area (Å²) < 4.78 is 1.87. The minimum Gasteiger partial charge on any atom is -0.392 e. The fraction of sp³-hybridized carbons (Fsp3) is 0.455. The molecule has 0 atom stereocenters. The molecule has 0 radical (unpaired) electrons. The lowest BCUT2D eigenvalue weighted by molar-refractivity contribution is 0.0659. The molecule has 2 rings (SSSR count). The van der Waals surface area contributed by atoms with Gasteiger partial charge in [-0.25, -0.2) is 0 Å². The smallest absolute Gasteiger partial charge is 0.264 e. The largest absolute Gasteiger partial charge is 0.392 e. The van der Waals surface area contributed by atoms with Crippen molar-refractivity contribution in [3.8, 4) is 0 Å². The van der Waals surface area contributed by atoms with Gasteiger partial charge in [0, 0.05) is 37.2 Å². The van der Waals surface area contributed by atoms with Crippen LogP contribution in [-0.2, 0) is 0 Å². The van der Waals surface area contributed by atoms with Crippen molar-refractivity contribution in [2.45, 2.75) is 0 Å². The molecular formula is C11H13Br2N3OS2. The Labute approximate surface area is 138 Å². The minimum absolute atomic E-state index is 0.0892. The lowest BCUT2D eigenvalue weighted by Crippen LogP contribution is -2.50. The van der Waals surface area contributed by atoms with Crippen LogP contribution in [0.1, 0.15) is 9.67 Å². The van der Waals surface area contributed by atoms with Gasteiger partial charge in [-0.05, 0) is 37.9 Å². The van der Waals surface area contributed by atoms with Crippen molar-refractivity contribution in [2.75, 3.05) is 32.7 Å².